The first kappa shape index (κ1) is 44.9. The van der Waals surface area contributed by atoms with Crippen LogP contribution in [0.2, 0.25) is 0 Å². The molecule has 0 aromatic heterocycles. The average Bonchev–Trinajstić information content (AvgIpc) is 3.05. The third-order valence-electron chi connectivity index (χ3n) is 9.39. The van der Waals surface area contributed by atoms with E-state index >= 15 is 0 Å². The van der Waals surface area contributed by atoms with Crippen molar-refractivity contribution < 1.29 is 24.2 Å². The summed E-state index contributed by atoms with van der Waals surface area (Å²) in [5, 5.41) is 9.54. The summed E-state index contributed by atoms with van der Waals surface area (Å²) < 4.78 is 11.5. The molecule has 0 heterocycles. The van der Waals surface area contributed by atoms with Crippen LogP contribution in [0.1, 0.15) is 207 Å². The predicted octanol–water partition coefficient (Wildman–Crippen LogP) is 11.1. The van der Waals surface area contributed by atoms with Gasteiger partial charge in [-0.2, -0.15) is 0 Å². The number of unbranched alkanes of at least 4 members (excludes halogenated alkanes) is 18. The fraction of sp³-hybridized carbons (Fsp3) is 0.950. The van der Waals surface area contributed by atoms with Crippen LogP contribution in [0.4, 0.5) is 0 Å². The minimum absolute atomic E-state index is 0.0200. The highest BCUT2D eigenvalue weighted by Crippen LogP contribution is 2.18. The van der Waals surface area contributed by atoms with E-state index in [0.717, 1.165) is 77.3 Å². The van der Waals surface area contributed by atoms with E-state index in [4.69, 9.17) is 9.47 Å². The van der Waals surface area contributed by atoms with Crippen molar-refractivity contribution in [2.24, 2.45) is 0 Å². The molecule has 0 aliphatic rings. The van der Waals surface area contributed by atoms with E-state index in [9.17, 15) is 14.7 Å². The van der Waals surface area contributed by atoms with Crippen LogP contribution in [0, 0.1) is 0 Å². The van der Waals surface area contributed by atoms with Crippen LogP contribution in [-0.2, 0) is 19.1 Å². The zero-order valence-corrected chi connectivity index (χ0v) is 31.3. The number of aliphatic hydroxyl groups excluding tert-OH is 1. The lowest BCUT2D eigenvalue weighted by Crippen LogP contribution is -2.29. The molecule has 0 atom stereocenters. The van der Waals surface area contributed by atoms with Gasteiger partial charge in [-0.25, -0.2) is 0 Å². The number of carbonyl (C=O) groups excluding carboxylic acids is 2. The third kappa shape index (κ3) is 30.2. The van der Waals surface area contributed by atoms with E-state index in [-0.39, 0.29) is 30.8 Å². The number of esters is 2. The van der Waals surface area contributed by atoms with Crippen LogP contribution in [0.25, 0.3) is 0 Å². The van der Waals surface area contributed by atoms with Gasteiger partial charge >= 0.3 is 11.9 Å². The molecule has 0 aliphatic heterocycles. The summed E-state index contributed by atoms with van der Waals surface area (Å²) in [7, 11) is 0. The third-order valence-corrected chi connectivity index (χ3v) is 9.39. The maximum atomic E-state index is 12.8. The highest BCUT2D eigenvalue weighted by atomic mass is 16.5. The SMILES string of the molecule is CCCCCCCCCC(CCCCCCCCC)OC(=O)CCCCN(CCO)CCCCCCCCC(=O)OC(CC)CC. The smallest absolute Gasteiger partial charge is 0.306 e. The number of ether oxygens (including phenoxy) is 2. The highest BCUT2D eigenvalue weighted by Gasteiger charge is 2.15. The summed E-state index contributed by atoms with van der Waals surface area (Å²) in [6.45, 7) is 11.4. The molecule has 6 heteroatoms. The van der Waals surface area contributed by atoms with Crippen molar-refractivity contribution in [3.05, 3.63) is 0 Å². The van der Waals surface area contributed by atoms with E-state index < -0.39 is 0 Å². The Bertz CT molecular complexity index is 636. The predicted molar refractivity (Wildman–Crippen MR) is 195 cm³/mol. The summed E-state index contributed by atoms with van der Waals surface area (Å²) in [6, 6.07) is 0. The summed E-state index contributed by atoms with van der Waals surface area (Å²) in [5.41, 5.74) is 0. The first-order chi connectivity index (χ1) is 22.5. The van der Waals surface area contributed by atoms with Gasteiger partial charge in [0, 0.05) is 19.4 Å². The van der Waals surface area contributed by atoms with Crippen molar-refractivity contribution in [3.8, 4) is 0 Å². The molecule has 0 radical (unpaired) electrons. The molecule has 0 rings (SSSR count). The standard InChI is InChI=1S/C40H79NO5/c1-5-9-11-13-15-19-23-29-38(30-24-20-16-14-12-10-6-2)46-40(44)32-26-28-34-41(35-36-42)33-27-22-18-17-21-25-31-39(43)45-37(7-3)8-4/h37-38,42H,5-36H2,1-4H3. The molecule has 0 spiro atoms. The van der Waals surface area contributed by atoms with Crippen LogP contribution in [0.15, 0.2) is 0 Å². The monoisotopic (exact) mass is 654 g/mol. The maximum absolute atomic E-state index is 12.8. The van der Waals surface area contributed by atoms with E-state index in [0.29, 0.717) is 19.4 Å². The van der Waals surface area contributed by atoms with E-state index in [1.165, 1.54) is 103 Å². The number of aliphatic hydroxyl groups is 1. The van der Waals surface area contributed by atoms with Gasteiger partial charge in [0.15, 0.2) is 0 Å². The first-order valence-corrected chi connectivity index (χ1v) is 20.2. The summed E-state index contributed by atoms with van der Waals surface area (Å²) in [4.78, 5) is 27.0. The Labute approximate surface area is 286 Å². The molecule has 46 heavy (non-hydrogen) atoms. The second-order valence-corrected chi connectivity index (χ2v) is 13.8. The molecule has 6 nitrogen and oxygen atoms in total. The van der Waals surface area contributed by atoms with Gasteiger partial charge < -0.3 is 19.5 Å². The van der Waals surface area contributed by atoms with Gasteiger partial charge in [-0.05, 0) is 77.3 Å². The molecule has 0 saturated carbocycles. The van der Waals surface area contributed by atoms with Crippen molar-refractivity contribution in [2.45, 2.75) is 220 Å². The van der Waals surface area contributed by atoms with Crippen molar-refractivity contribution >= 4 is 11.9 Å². The van der Waals surface area contributed by atoms with Gasteiger partial charge in [-0.3, -0.25) is 9.59 Å². The van der Waals surface area contributed by atoms with E-state index in [1.54, 1.807) is 0 Å². The normalized spacial score (nSPS) is 11.7. The first-order valence-electron chi connectivity index (χ1n) is 20.2. The number of carbonyl (C=O) groups is 2. The summed E-state index contributed by atoms with van der Waals surface area (Å²) in [5.74, 6) is -0.0678. The number of nitrogens with zero attached hydrogens (tertiary/aromatic N) is 1. The number of rotatable bonds is 36. The Morgan fingerprint density at radius 3 is 1.30 bits per heavy atom. The molecule has 0 unspecified atom stereocenters. The van der Waals surface area contributed by atoms with Crippen LogP contribution in [-0.4, -0.2) is 60.4 Å². The second-order valence-electron chi connectivity index (χ2n) is 13.8. The molecule has 274 valence electrons. The van der Waals surface area contributed by atoms with Gasteiger partial charge in [-0.15, -0.1) is 0 Å². The fourth-order valence-electron chi connectivity index (χ4n) is 6.26. The van der Waals surface area contributed by atoms with Crippen molar-refractivity contribution in [1.82, 2.24) is 4.90 Å². The fourth-order valence-corrected chi connectivity index (χ4v) is 6.26. The minimum Gasteiger partial charge on any atom is -0.462 e. The lowest BCUT2D eigenvalue weighted by Gasteiger charge is -2.21. The Balaban J connectivity index is 4.20. The Morgan fingerprint density at radius 2 is 0.848 bits per heavy atom. The molecule has 0 amide bonds. The topological polar surface area (TPSA) is 76.1 Å². The molecule has 0 aliphatic carbocycles. The Kier molecular flexibility index (Phi) is 34.3. The van der Waals surface area contributed by atoms with Gasteiger partial charge in [0.25, 0.3) is 0 Å². The lowest BCUT2D eigenvalue weighted by molar-refractivity contribution is -0.150. The summed E-state index contributed by atoms with van der Waals surface area (Å²) in [6.07, 6.45) is 31.5. The molecule has 0 aromatic rings. The van der Waals surface area contributed by atoms with E-state index in [2.05, 4.69) is 32.6 Å². The second kappa shape index (κ2) is 35.2. The zero-order valence-electron chi connectivity index (χ0n) is 31.3. The maximum Gasteiger partial charge on any atom is 0.306 e. The van der Waals surface area contributed by atoms with Crippen LogP contribution in [0.3, 0.4) is 0 Å². The van der Waals surface area contributed by atoms with E-state index in [1.807, 2.05) is 0 Å². The molecular weight excluding hydrogens is 574 g/mol. The zero-order chi connectivity index (χ0) is 33.9. The Morgan fingerprint density at radius 1 is 0.478 bits per heavy atom. The van der Waals surface area contributed by atoms with Crippen LogP contribution in [0.5, 0.6) is 0 Å². The Hall–Kier alpha value is -1.14. The lowest BCUT2D eigenvalue weighted by atomic mass is 10.0. The number of hydrogen-bond donors (Lipinski definition) is 1. The minimum atomic E-state index is -0.0478. The van der Waals surface area contributed by atoms with Crippen molar-refractivity contribution in [1.29, 1.82) is 0 Å². The highest BCUT2D eigenvalue weighted by molar-refractivity contribution is 5.69. The van der Waals surface area contributed by atoms with Gasteiger partial charge in [0.05, 0.1) is 6.61 Å². The molecule has 0 fully saturated rings. The van der Waals surface area contributed by atoms with Gasteiger partial charge in [0.2, 0.25) is 0 Å². The number of hydrogen-bond acceptors (Lipinski definition) is 6. The molecule has 0 bridgehead atoms. The van der Waals surface area contributed by atoms with Gasteiger partial charge in [-0.1, -0.05) is 130 Å². The van der Waals surface area contributed by atoms with Gasteiger partial charge in [0.1, 0.15) is 12.2 Å². The van der Waals surface area contributed by atoms with Crippen molar-refractivity contribution in [2.75, 3.05) is 26.2 Å². The van der Waals surface area contributed by atoms with Crippen LogP contribution >= 0.6 is 0 Å². The summed E-state index contributed by atoms with van der Waals surface area (Å²) >= 11 is 0. The molecule has 0 aromatic carbocycles. The average molecular weight is 654 g/mol. The largest absolute Gasteiger partial charge is 0.462 e. The molecular formula is C40H79NO5. The molecule has 1 N–H and O–H groups in total. The molecule has 0 saturated heterocycles. The van der Waals surface area contributed by atoms with Crippen LogP contribution < -0.4 is 0 Å². The van der Waals surface area contributed by atoms with Crippen molar-refractivity contribution in [3.63, 3.8) is 0 Å². The quantitative estimate of drug-likeness (QED) is 0.0535.